The van der Waals surface area contributed by atoms with Gasteiger partial charge in [-0.1, -0.05) is 166 Å². The van der Waals surface area contributed by atoms with Crippen LogP contribution in [0.2, 0.25) is 0 Å². The van der Waals surface area contributed by atoms with Crippen LogP contribution in [0.15, 0.2) is 206 Å². The Kier molecular flexibility index (Phi) is 7.92. The van der Waals surface area contributed by atoms with E-state index in [1.54, 1.807) is 0 Å². The van der Waals surface area contributed by atoms with Crippen molar-refractivity contribution >= 4 is 55.8 Å². The molecule has 1 aliphatic rings. The zero-order valence-electron chi connectivity index (χ0n) is 34.2. The quantitative estimate of drug-likeness (QED) is 0.149. The van der Waals surface area contributed by atoms with Crippen LogP contribution < -0.4 is 0 Å². The van der Waals surface area contributed by atoms with Gasteiger partial charge in [-0.05, 0) is 122 Å². The summed E-state index contributed by atoms with van der Waals surface area (Å²) in [4.78, 5) is 0. The van der Waals surface area contributed by atoms with Crippen LogP contribution in [0.1, 0.15) is 36.1 Å². The van der Waals surface area contributed by atoms with Crippen molar-refractivity contribution in [2.24, 2.45) is 0 Å². The van der Waals surface area contributed by atoms with Gasteiger partial charge in [0.05, 0.1) is 22.1 Å². The molecule has 1 aliphatic carbocycles. The van der Waals surface area contributed by atoms with Crippen LogP contribution in [0.25, 0.3) is 101 Å². The average molecular weight is 779 g/mol. The monoisotopic (exact) mass is 778 g/mol. The van der Waals surface area contributed by atoms with E-state index in [1.807, 2.05) is 0 Å². The van der Waals surface area contributed by atoms with Crippen molar-refractivity contribution in [3.63, 3.8) is 0 Å². The molecule has 2 aromatic heterocycles. The summed E-state index contributed by atoms with van der Waals surface area (Å²) < 4.78 is 4.75. The molecule has 0 bridgehead atoms. The lowest BCUT2D eigenvalue weighted by molar-refractivity contribution is 0.660. The van der Waals surface area contributed by atoms with Gasteiger partial charge in [0, 0.05) is 38.3 Å². The summed E-state index contributed by atoms with van der Waals surface area (Å²) in [5.41, 5.74) is 19.9. The number of rotatable bonds is 6. The van der Waals surface area contributed by atoms with E-state index in [-0.39, 0.29) is 5.41 Å². The Morgan fingerprint density at radius 1 is 0.328 bits per heavy atom. The molecule has 2 heterocycles. The zero-order valence-corrected chi connectivity index (χ0v) is 34.2. The normalized spacial score (nSPS) is 13.1. The maximum atomic E-state index is 2.43. The van der Waals surface area contributed by atoms with Gasteiger partial charge in [-0.2, -0.15) is 0 Å². The standard InChI is InChI=1S/C59H42N2/c1-59(2)53-35-40(22-21-39-23-26-41(27-24-39)42-29-33-57-51(36-42)49-17-9-11-19-55(49)60(57)45-13-5-3-6-14-45)25-31-47(53)48-32-28-44(38-54(48)59)43-30-34-58-52(37-43)50-18-10-12-20-56(50)61(58)46-15-7-4-8-16-46/h3-38H,1-2H3. The number of para-hydroxylation sites is 4. The lowest BCUT2D eigenvalue weighted by Crippen LogP contribution is -2.15. The van der Waals surface area contributed by atoms with Crippen LogP contribution in [-0.4, -0.2) is 9.13 Å². The van der Waals surface area contributed by atoms with E-state index >= 15 is 0 Å². The fraction of sp³-hybridized carbons (Fsp3) is 0.0508. The number of fused-ring (bicyclic) bond motifs is 9. The van der Waals surface area contributed by atoms with Crippen LogP contribution in [0.3, 0.4) is 0 Å². The molecule has 0 saturated carbocycles. The average Bonchev–Trinajstić information content (AvgIpc) is 3.91. The van der Waals surface area contributed by atoms with Crippen molar-refractivity contribution < 1.29 is 0 Å². The van der Waals surface area contributed by atoms with E-state index in [0.29, 0.717) is 0 Å². The van der Waals surface area contributed by atoms with E-state index in [2.05, 4.69) is 241 Å². The molecule has 0 fully saturated rings. The van der Waals surface area contributed by atoms with Gasteiger partial charge in [-0.15, -0.1) is 0 Å². The second-order valence-electron chi connectivity index (χ2n) is 17.0. The molecule has 0 unspecified atom stereocenters. The number of hydrogen-bond donors (Lipinski definition) is 0. The van der Waals surface area contributed by atoms with Gasteiger partial charge in [0.25, 0.3) is 0 Å². The van der Waals surface area contributed by atoms with Crippen molar-refractivity contribution in [1.29, 1.82) is 0 Å². The lowest BCUT2D eigenvalue weighted by Gasteiger charge is -2.22. The molecule has 0 spiro atoms. The Hall–Kier alpha value is -7.68. The van der Waals surface area contributed by atoms with Crippen LogP contribution in [0.5, 0.6) is 0 Å². The highest BCUT2D eigenvalue weighted by molar-refractivity contribution is 6.11. The molecule has 2 heteroatoms. The van der Waals surface area contributed by atoms with Crippen molar-refractivity contribution in [3.8, 4) is 44.8 Å². The second-order valence-corrected chi connectivity index (χ2v) is 17.0. The molecule has 288 valence electrons. The van der Waals surface area contributed by atoms with E-state index in [9.17, 15) is 0 Å². The number of benzene rings is 9. The summed E-state index contributed by atoms with van der Waals surface area (Å²) in [5.74, 6) is 0. The smallest absolute Gasteiger partial charge is 0.0541 e. The van der Waals surface area contributed by atoms with Crippen LogP contribution in [-0.2, 0) is 5.41 Å². The Bertz CT molecular complexity index is 3530. The first-order chi connectivity index (χ1) is 30.0. The molecular weight excluding hydrogens is 737 g/mol. The van der Waals surface area contributed by atoms with Crippen molar-refractivity contribution in [2.45, 2.75) is 19.3 Å². The first kappa shape index (κ1) is 35.3. The van der Waals surface area contributed by atoms with Gasteiger partial charge >= 0.3 is 0 Å². The first-order valence-electron chi connectivity index (χ1n) is 21.3. The summed E-state index contributed by atoms with van der Waals surface area (Å²) in [5, 5.41) is 5.08. The van der Waals surface area contributed by atoms with Crippen LogP contribution in [0.4, 0.5) is 0 Å². The fourth-order valence-electron chi connectivity index (χ4n) is 10.0. The van der Waals surface area contributed by atoms with Crippen molar-refractivity contribution in [2.75, 3.05) is 0 Å². The predicted molar refractivity (Wildman–Crippen MR) is 259 cm³/mol. The molecule has 0 radical (unpaired) electrons. The highest BCUT2D eigenvalue weighted by Crippen LogP contribution is 2.50. The molecule has 0 aliphatic heterocycles. The maximum Gasteiger partial charge on any atom is 0.0541 e. The minimum atomic E-state index is -0.131. The highest BCUT2D eigenvalue weighted by Gasteiger charge is 2.35. The molecule has 0 saturated heterocycles. The number of aromatic nitrogens is 2. The minimum absolute atomic E-state index is 0.131. The molecule has 0 amide bonds. The Morgan fingerprint density at radius 3 is 1.33 bits per heavy atom. The number of nitrogens with zero attached hydrogens (tertiary/aromatic N) is 2. The predicted octanol–water partition coefficient (Wildman–Crippen LogP) is 15.7. The van der Waals surface area contributed by atoms with Gasteiger partial charge in [0.1, 0.15) is 0 Å². The largest absolute Gasteiger partial charge is 0.309 e. The van der Waals surface area contributed by atoms with E-state index in [1.165, 1.54) is 111 Å². The van der Waals surface area contributed by atoms with Crippen LogP contribution in [0, 0.1) is 0 Å². The molecule has 61 heavy (non-hydrogen) atoms. The van der Waals surface area contributed by atoms with Gasteiger partial charge in [-0.25, -0.2) is 0 Å². The molecular formula is C59H42N2. The second kappa shape index (κ2) is 13.7. The molecule has 12 rings (SSSR count). The molecule has 11 aromatic rings. The summed E-state index contributed by atoms with van der Waals surface area (Å²) in [7, 11) is 0. The van der Waals surface area contributed by atoms with Crippen molar-refractivity contribution in [1.82, 2.24) is 9.13 Å². The summed E-state index contributed by atoms with van der Waals surface area (Å²) in [6.07, 6.45) is 4.49. The minimum Gasteiger partial charge on any atom is -0.309 e. The van der Waals surface area contributed by atoms with Crippen LogP contribution >= 0.6 is 0 Å². The molecule has 2 nitrogen and oxygen atoms in total. The van der Waals surface area contributed by atoms with E-state index in [0.717, 1.165) is 0 Å². The Morgan fingerprint density at radius 2 is 0.738 bits per heavy atom. The molecule has 0 N–H and O–H groups in total. The maximum absolute atomic E-state index is 2.43. The van der Waals surface area contributed by atoms with Gasteiger partial charge in [-0.3, -0.25) is 0 Å². The summed E-state index contributed by atoms with van der Waals surface area (Å²) >= 11 is 0. The third-order valence-electron chi connectivity index (χ3n) is 13.1. The Labute approximate surface area is 355 Å². The highest BCUT2D eigenvalue weighted by atomic mass is 15.0. The van der Waals surface area contributed by atoms with Gasteiger partial charge in [0.2, 0.25) is 0 Å². The van der Waals surface area contributed by atoms with Crippen molar-refractivity contribution in [3.05, 3.63) is 229 Å². The number of hydrogen-bond acceptors (Lipinski definition) is 0. The van der Waals surface area contributed by atoms with E-state index in [4.69, 9.17) is 0 Å². The molecule has 0 atom stereocenters. The summed E-state index contributed by atoms with van der Waals surface area (Å²) in [6, 6.07) is 75.6. The fourth-order valence-corrected chi connectivity index (χ4v) is 10.0. The third kappa shape index (κ3) is 5.64. The lowest BCUT2D eigenvalue weighted by atomic mass is 9.81. The first-order valence-corrected chi connectivity index (χ1v) is 21.3. The summed E-state index contributed by atoms with van der Waals surface area (Å²) in [6.45, 7) is 4.75. The molecule has 9 aromatic carbocycles. The SMILES string of the molecule is CC1(C)c2cc(C=Cc3ccc(-c4ccc5c(c4)c4ccccc4n5-c4ccccc4)cc3)ccc2-c2ccc(-c3ccc4c(c3)c3ccccc3n4-c3ccccc3)cc21. The van der Waals surface area contributed by atoms with E-state index < -0.39 is 0 Å². The topological polar surface area (TPSA) is 9.86 Å². The third-order valence-corrected chi connectivity index (χ3v) is 13.1. The Balaban J connectivity index is 0.822. The van der Waals surface area contributed by atoms with Gasteiger partial charge < -0.3 is 9.13 Å². The zero-order chi connectivity index (χ0) is 40.7. The van der Waals surface area contributed by atoms with Gasteiger partial charge in [0.15, 0.2) is 0 Å².